The molecule has 1 aromatic heterocycles. The van der Waals surface area contributed by atoms with Crippen LogP contribution in [-0.4, -0.2) is 45.3 Å². The third kappa shape index (κ3) is 5.96. The number of aromatic nitrogens is 2. The smallest absolute Gasteiger partial charge is 0.274 e. The highest BCUT2D eigenvalue weighted by Crippen LogP contribution is 2.10. The second kappa shape index (κ2) is 9.22. The summed E-state index contributed by atoms with van der Waals surface area (Å²) < 4.78 is 0. The minimum Gasteiger partial charge on any atom is -0.353 e. The largest absolute Gasteiger partial charge is 0.353 e. The lowest BCUT2D eigenvalue weighted by Crippen LogP contribution is -2.43. The van der Waals surface area contributed by atoms with Gasteiger partial charge in [-0.2, -0.15) is 0 Å². The number of carbonyl (C=O) groups is 2. The Balaban J connectivity index is 2.69. The standard InChI is InChI=1S/C17H28N4O2/c1-6-13(4)21(17(23)15-11-18-8-9-19-15)10-7-16(22)20-14(5)12(2)3/h8-9,11-14H,6-7,10H2,1-5H3,(H,20,22). The molecule has 6 nitrogen and oxygen atoms in total. The van der Waals surface area contributed by atoms with Crippen LogP contribution < -0.4 is 5.32 Å². The molecule has 0 bridgehead atoms. The lowest BCUT2D eigenvalue weighted by molar-refractivity contribution is -0.122. The van der Waals surface area contributed by atoms with E-state index in [1.165, 1.54) is 18.6 Å². The number of carbonyl (C=O) groups excluding carboxylic acids is 2. The summed E-state index contributed by atoms with van der Waals surface area (Å²) in [6, 6.07) is 0.162. The number of nitrogens with zero attached hydrogens (tertiary/aromatic N) is 3. The normalized spacial score (nSPS) is 13.5. The fraction of sp³-hybridized carbons (Fsp3) is 0.647. The highest BCUT2D eigenvalue weighted by Gasteiger charge is 2.22. The van der Waals surface area contributed by atoms with Crippen molar-refractivity contribution in [3.63, 3.8) is 0 Å². The first kappa shape index (κ1) is 19.1. The van der Waals surface area contributed by atoms with Crippen LogP contribution in [0.15, 0.2) is 18.6 Å². The first-order valence-electron chi connectivity index (χ1n) is 8.23. The van der Waals surface area contributed by atoms with Crippen molar-refractivity contribution in [3.8, 4) is 0 Å². The van der Waals surface area contributed by atoms with Crippen molar-refractivity contribution in [1.29, 1.82) is 0 Å². The van der Waals surface area contributed by atoms with Gasteiger partial charge in [-0.15, -0.1) is 0 Å². The Hall–Kier alpha value is -1.98. The highest BCUT2D eigenvalue weighted by atomic mass is 16.2. The van der Waals surface area contributed by atoms with Crippen molar-refractivity contribution in [2.24, 2.45) is 5.92 Å². The van der Waals surface area contributed by atoms with Gasteiger partial charge in [0.05, 0.1) is 6.20 Å². The van der Waals surface area contributed by atoms with Crippen molar-refractivity contribution >= 4 is 11.8 Å². The Labute approximate surface area is 138 Å². The molecule has 0 fully saturated rings. The maximum atomic E-state index is 12.6. The van der Waals surface area contributed by atoms with Gasteiger partial charge in [-0.05, 0) is 26.2 Å². The van der Waals surface area contributed by atoms with Gasteiger partial charge >= 0.3 is 0 Å². The molecule has 1 rings (SSSR count). The molecule has 0 saturated carbocycles. The number of nitrogens with one attached hydrogen (secondary N) is 1. The summed E-state index contributed by atoms with van der Waals surface area (Å²) >= 11 is 0. The summed E-state index contributed by atoms with van der Waals surface area (Å²) in [5, 5.41) is 2.97. The number of rotatable bonds is 8. The topological polar surface area (TPSA) is 75.2 Å². The van der Waals surface area contributed by atoms with Crippen LogP contribution in [0.4, 0.5) is 0 Å². The molecule has 1 aromatic rings. The summed E-state index contributed by atoms with van der Waals surface area (Å²) in [5.41, 5.74) is 0.309. The van der Waals surface area contributed by atoms with Crippen LogP contribution in [0, 0.1) is 5.92 Å². The summed E-state index contributed by atoms with van der Waals surface area (Å²) in [7, 11) is 0. The number of amides is 2. The van der Waals surface area contributed by atoms with Gasteiger partial charge in [0.2, 0.25) is 5.91 Å². The zero-order chi connectivity index (χ0) is 17.4. The van der Waals surface area contributed by atoms with Gasteiger partial charge in [0, 0.05) is 37.4 Å². The minimum atomic E-state index is -0.183. The second-order valence-electron chi connectivity index (χ2n) is 6.20. The molecular weight excluding hydrogens is 292 g/mol. The Kier molecular flexibility index (Phi) is 7.65. The molecule has 0 aliphatic heterocycles. The van der Waals surface area contributed by atoms with Crippen LogP contribution in [0.1, 0.15) is 57.9 Å². The first-order chi connectivity index (χ1) is 10.9. The van der Waals surface area contributed by atoms with Crippen molar-refractivity contribution in [1.82, 2.24) is 20.2 Å². The summed E-state index contributed by atoms with van der Waals surface area (Å²) in [6.07, 6.45) is 5.59. The molecule has 0 radical (unpaired) electrons. The van der Waals surface area contributed by atoms with Gasteiger partial charge in [0.15, 0.2) is 0 Å². The average Bonchev–Trinajstić information content (AvgIpc) is 2.55. The first-order valence-corrected chi connectivity index (χ1v) is 8.23. The predicted molar refractivity (Wildman–Crippen MR) is 89.9 cm³/mol. The van der Waals surface area contributed by atoms with Crippen LogP contribution in [0.25, 0.3) is 0 Å². The lowest BCUT2D eigenvalue weighted by Gasteiger charge is -2.28. The Morgan fingerprint density at radius 1 is 1.22 bits per heavy atom. The molecule has 128 valence electrons. The van der Waals surface area contributed by atoms with Crippen LogP contribution in [0.2, 0.25) is 0 Å². The Bertz CT molecular complexity index is 505. The molecule has 0 spiro atoms. The molecule has 6 heteroatoms. The van der Waals surface area contributed by atoms with Gasteiger partial charge in [0.25, 0.3) is 5.91 Å². The molecule has 2 atom stereocenters. The Morgan fingerprint density at radius 2 is 1.91 bits per heavy atom. The summed E-state index contributed by atoms with van der Waals surface area (Å²) in [4.78, 5) is 34.3. The van der Waals surface area contributed by atoms with Gasteiger partial charge in [-0.1, -0.05) is 20.8 Å². The van der Waals surface area contributed by atoms with Gasteiger partial charge in [0.1, 0.15) is 5.69 Å². The van der Waals surface area contributed by atoms with E-state index in [1.54, 1.807) is 4.90 Å². The van der Waals surface area contributed by atoms with Crippen molar-refractivity contribution < 1.29 is 9.59 Å². The zero-order valence-electron chi connectivity index (χ0n) is 14.7. The van der Waals surface area contributed by atoms with E-state index < -0.39 is 0 Å². The lowest BCUT2D eigenvalue weighted by atomic mass is 10.1. The van der Waals surface area contributed by atoms with E-state index in [2.05, 4.69) is 29.1 Å². The maximum absolute atomic E-state index is 12.6. The van der Waals surface area contributed by atoms with Crippen molar-refractivity contribution in [2.75, 3.05) is 6.54 Å². The van der Waals surface area contributed by atoms with Crippen LogP contribution in [0.5, 0.6) is 0 Å². The molecule has 2 unspecified atom stereocenters. The van der Waals surface area contributed by atoms with E-state index in [1.807, 2.05) is 20.8 Å². The van der Waals surface area contributed by atoms with Crippen LogP contribution in [0.3, 0.4) is 0 Å². The van der Waals surface area contributed by atoms with Crippen molar-refractivity contribution in [2.45, 2.75) is 59.5 Å². The van der Waals surface area contributed by atoms with E-state index >= 15 is 0 Å². The SMILES string of the molecule is CCC(C)N(CCC(=O)NC(C)C(C)C)C(=O)c1cnccn1. The fourth-order valence-corrected chi connectivity index (χ4v) is 2.01. The molecule has 1 heterocycles. The number of hydrogen-bond donors (Lipinski definition) is 1. The third-order valence-electron chi connectivity index (χ3n) is 4.13. The summed E-state index contributed by atoms with van der Waals surface area (Å²) in [6.45, 7) is 10.5. The molecule has 0 saturated heterocycles. The van der Waals surface area contributed by atoms with E-state index in [-0.39, 0.29) is 30.3 Å². The fourth-order valence-electron chi connectivity index (χ4n) is 2.01. The van der Waals surface area contributed by atoms with Crippen LogP contribution >= 0.6 is 0 Å². The number of hydrogen-bond acceptors (Lipinski definition) is 4. The van der Waals surface area contributed by atoms with E-state index in [9.17, 15) is 9.59 Å². The molecule has 0 aliphatic rings. The quantitative estimate of drug-likeness (QED) is 0.797. The maximum Gasteiger partial charge on any atom is 0.274 e. The van der Waals surface area contributed by atoms with Crippen molar-refractivity contribution in [3.05, 3.63) is 24.3 Å². The van der Waals surface area contributed by atoms with Gasteiger partial charge in [-0.3, -0.25) is 14.6 Å². The molecule has 2 amide bonds. The minimum absolute atomic E-state index is 0.0357. The highest BCUT2D eigenvalue weighted by molar-refractivity contribution is 5.92. The van der Waals surface area contributed by atoms with E-state index in [0.717, 1.165) is 6.42 Å². The monoisotopic (exact) mass is 320 g/mol. The molecule has 23 heavy (non-hydrogen) atoms. The molecular formula is C17H28N4O2. The average molecular weight is 320 g/mol. The third-order valence-corrected chi connectivity index (χ3v) is 4.13. The molecule has 0 aliphatic carbocycles. The molecule has 0 aromatic carbocycles. The van der Waals surface area contributed by atoms with Gasteiger partial charge in [-0.25, -0.2) is 4.98 Å². The summed E-state index contributed by atoms with van der Waals surface area (Å²) in [5.74, 6) is 0.162. The Morgan fingerprint density at radius 3 is 2.43 bits per heavy atom. The second-order valence-corrected chi connectivity index (χ2v) is 6.20. The van der Waals surface area contributed by atoms with E-state index in [0.29, 0.717) is 18.2 Å². The predicted octanol–water partition coefficient (Wildman–Crippen LogP) is 2.27. The van der Waals surface area contributed by atoms with E-state index in [4.69, 9.17) is 0 Å². The van der Waals surface area contributed by atoms with Gasteiger partial charge < -0.3 is 10.2 Å². The molecule has 1 N–H and O–H groups in total. The zero-order valence-corrected chi connectivity index (χ0v) is 14.7. The van der Waals surface area contributed by atoms with Crippen LogP contribution in [-0.2, 0) is 4.79 Å².